The van der Waals surface area contributed by atoms with E-state index in [1.165, 1.54) is 77.0 Å². The number of rotatable bonds is 26. The predicted octanol–water partition coefficient (Wildman–Crippen LogP) is 5.82. The number of nitrogens with one attached hydrogen (secondary N) is 2. The molecule has 1 fully saturated rings. The number of carbonyl (C=O) groups excluding carboxylic acids is 2. The fourth-order valence-electron chi connectivity index (χ4n) is 6.17. The van der Waals surface area contributed by atoms with Crippen molar-refractivity contribution >= 4 is 23.8 Å². The highest BCUT2D eigenvalue weighted by atomic mass is 16.6. The second-order valence-corrected chi connectivity index (χ2v) is 14.0. The van der Waals surface area contributed by atoms with Gasteiger partial charge in [-0.1, -0.05) is 129 Å². The molecule has 0 spiro atoms. The van der Waals surface area contributed by atoms with Crippen LogP contribution in [-0.2, 0) is 47.6 Å². The standard InChI is InChI=1S/C40H74N2O12/c1-3-5-7-9-11-13-15-17-19-21-23-41-37(43)33-35(39(45)46)53-31-27-50-26-30-52-34(36(40(47)48)54-32-28-49-25-29-51-33)38(44)42-24-22-20-18-16-14-12-10-8-6-4-2/h33-36H,3-32H2,1-2H3,(H,41,43)(H,42,44)(H,45,46)(H,47,48)/t33-,34-,35-,36-/m1/s1. The average Bonchev–Trinajstić information content (AvgIpc) is 3.15. The van der Waals surface area contributed by atoms with Crippen molar-refractivity contribution in [2.45, 2.75) is 167 Å². The molecule has 0 saturated carbocycles. The number of aliphatic carboxylic acids is 2. The third kappa shape index (κ3) is 25.7. The predicted molar refractivity (Wildman–Crippen MR) is 206 cm³/mol. The fourth-order valence-corrected chi connectivity index (χ4v) is 6.17. The molecule has 0 aliphatic carbocycles. The Morgan fingerprint density at radius 3 is 0.944 bits per heavy atom. The summed E-state index contributed by atoms with van der Waals surface area (Å²) in [5.41, 5.74) is 0. The molecule has 14 nitrogen and oxygen atoms in total. The molecule has 1 rings (SSSR count). The number of amides is 2. The minimum Gasteiger partial charge on any atom is -0.479 e. The van der Waals surface area contributed by atoms with Gasteiger partial charge >= 0.3 is 11.9 Å². The molecule has 2 amide bonds. The van der Waals surface area contributed by atoms with Crippen LogP contribution in [0, 0.1) is 0 Å². The van der Waals surface area contributed by atoms with E-state index in [2.05, 4.69) is 24.5 Å². The molecule has 1 aliphatic rings. The minimum absolute atomic E-state index is 0.0297. The van der Waals surface area contributed by atoms with Crippen molar-refractivity contribution in [3.05, 3.63) is 0 Å². The van der Waals surface area contributed by atoms with Crippen LogP contribution in [0.4, 0.5) is 0 Å². The van der Waals surface area contributed by atoms with Gasteiger partial charge in [0.15, 0.2) is 24.4 Å². The number of carboxylic acids is 2. The largest absolute Gasteiger partial charge is 0.479 e. The molecule has 4 atom stereocenters. The van der Waals surface area contributed by atoms with Gasteiger partial charge in [-0.15, -0.1) is 0 Å². The molecule has 1 aliphatic heterocycles. The summed E-state index contributed by atoms with van der Waals surface area (Å²) in [6.07, 6.45) is 17.1. The van der Waals surface area contributed by atoms with Gasteiger partial charge in [0, 0.05) is 13.1 Å². The van der Waals surface area contributed by atoms with Gasteiger partial charge in [0.05, 0.1) is 52.9 Å². The molecule has 0 bridgehead atoms. The van der Waals surface area contributed by atoms with Gasteiger partial charge in [0.25, 0.3) is 11.8 Å². The molecule has 0 aromatic heterocycles. The van der Waals surface area contributed by atoms with Crippen LogP contribution in [0.15, 0.2) is 0 Å². The molecule has 0 radical (unpaired) electrons. The summed E-state index contributed by atoms with van der Waals surface area (Å²) in [6, 6.07) is 0. The molecule has 316 valence electrons. The zero-order valence-corrected chi connectivity index (χ0v) is 33.5. The summed E-state index contributed by atoms with van der Waals surface area (Å²) in [5.74, 6) is -3.89. The normalized spacial score (nSPS) is 21.1. The molecule has 0 aromatic rings. The Hall–Kier alpha value is -2.36. The second kappa shape index (κ2) is 35.1. The van der Waals surface area contributed by atoms with Crippen molar-refractivity contribution in [1.82, 2.24) is 10.6 Å². The molecular formula is C40H74N2O12. The Morgan fingerprint density at radius 1 is 0.407 bits per heavy atom. The highest BCUT2D eigenvalue weighted by Crippen LogP contribution is 2.13. The number of hydrogen-bond acceptors (Lipinski definition) is 10. The third-order valence-electron chi connectivity index (χ3n) is 9.31. The van der Waals surface area contributed by atoms with Crippen LogP contribution >= 0.6 is 0 Å². The van der Waals surface area contributed by atoms with Gasteiger partial charge in [-0.25, -0.2) is 9.59 Å². The van der Waals surface area contributed by atoms with E-state index in [1.807, 2.05) is 0 Å². The summed E-state index contributed by atoms with van der Waals surface area (Å²) in [7, 11) is 0. The van der Waals surface area contributed by atoms with E-state index in [1.54, 1.807) is 0 Å². The molecule has 54 heavy (non-hydrogen) atoms. The third-order valence-corrected chi connectivity index (χ3v) is 9.31. The van der Waals surface area contributed by atoms with Crippen molar-refractivity contribution in [3.63, 3.8) is 0 Å². The molecule has 0 unspecified atom stereocenters. The van der Waals surface area contributed by atoms with E-state index in [-0.39, 0.29) is 52.9 Å². The van der Waals surface area contributed by atoms with Gasteiger partial charge < -0.3 is 49.3 Å². The van der Waals surface area contributed by atoms with E-state index in [0.29, 0.717) is 13.1 Å². The zero-order valence-electron chi connectivity index (χ0n) is 33.5. The van der Waals surface area contributed by atoms with Crippen molar-refractivity contribution in [2.75, 3.05) is 65.9 Å². The number of ether oxygens (including phenoxy) is 6. The van der Waals surface area contributed by atoms with Crippen LogP contribution in [0.1, 0.15) is 142 Å². The number of carbonyl (C=O) groups is 4. The first-order valence-electron chi connectivity index (χ1n) is 21.0. The summed E-state index contributed by atoms with van der Waals surface area (Å²) < 4.78 is 33.5. The Kier molecular flexibility index (Phi) is 32.3. The maximum Gasteiger partial charge on any atom is 0.336 e. The molecule has 4 N–H and O–H groups in total. The van der Waals surface area contributed by atoms with E-state index in [0.717, 1.165) is 51.4 Å². The lowest BCUT2D eigenvalue weighted by molar-refractivity contribution is -0.175. The average molecular weight is 775 g/mol. The SMILES string of the molecule is CCCCCCCCCCCCNC(=O)[C@@H]1OCCOCCO[C@@H](C(=O)O)[C@H](C(=O)NCCCCCCCCCCCC)OCCOCCO[C@H]1C(=O)O. The molecule has 14 heteroatoms. The number of unbranched alkanes of at least 4 members (excludes halogenated alkanes) is 18. The van der Waals surface area contributed by atoms with Crippen LogP contribution in [0.3, 0.4) is 0 Å². The van der Waals surface area contributed by atoms with Crippen LogP contribution in [0.5, 0.6) is 0 Å². The van der Waals surface area contributed by atoms with Gasteiger partial charge in [-0.2, -0.15) is 0 Å². The van der Waals surface area contributed by atoms with Crippen molar-refractivity contribution in [1.29, 1.82) is 0 Å². The highest BCUT2D eigenvalue weighted by molar-refractivity contribution is 5.88. The molecule has 1 heterocycles. The van der Waals surface area contributed by atoms with Gasteiger partial charge in [-0.3, -0.25) is 9.59 Å². The quantitative estimate of drug-likeness (QED) is 0.0773. The summed E-state index contributed by atoms with van der Waals surface area (Å²) in [5, 5.41) is 25.4. The van der Waals surface area contributed by atoms with Crippen LogP contribution in [0.25, 0.3) is 0 Å². The van der Waals surface area contributed by atoms with E-state index in [9.17, 15) is 29.4 Å². The first kappa shape index (κ1) is 49.7. The van der Waals surface area contributed by atoms with Crippen LogP contribution < -0.4 is 10.6 Å². The first-order valence-corrected chi connectivity index (χ1v) is 21.0. The lowest BCUT2D eigenvalue weighted by atomic mass is 10.1. The Bertz CT molecular complexity index is 882. The number of carboxylic acid groups (broad SMARTS) is 2. The zero-order chi connectivity index (χ0) is 39.5. The number of hydrogen-bond donors (Lipinski definition) is 4. The van der Waals surface area contributed by atoms with Crippen molar-refractivity contribution in [2.24, 2.45) is 0 Å². The summed E-state index contributed by atoms with van der Waals surface area (Å²) in [4.78, 5) is 50.5. The Balaban J connectivity index is 2.60. The Labute approximate surface area is 324 Å². The van der Waals surface area contributed by atoms with Crippen molar-refractivity contribution in [3.8, 4) is 0 Å². The van der Waals surface area contributed by atoms with Gasteiger partial charge in [0.2, 0.25) is 0 Å². The van der Waals surface area contributed by atoms with Crippen LogP contribution in [-0.4, -0.2) is 124 Å². The van der Waals surface area contributed by atoms with Crippen LogP contribution in [0.2, 0.25) is 0 Å². The molecule has 0 aromatic carbocycles. The smallest absolute Gasteiger partial charge is 0.336 e. The molecular weight excluding hydrogens is 700 g/mol. The highest BCUT2D eigenvalue weighted by Gasteiger charge is 2.37. The Morgan fingerprint density at radius 2 is 0.667 bits per heavy atom. The van der Waals surface area contributed by atoms with E-state index >= 15 is 0 Å². The molecule has 1 saturated heterocycles. The van der Waals surface area contributed by atoms with E-state index in [4.69, 9.17) is 28.4 Å². The summed E-state index contributed by atoms with van der Waals surface area (Å²) in [6.45, 7) is 4.47. The maximum atomic E-state index is 13.1. The van der Waals surface area contributed by atoms with Gasteiger partial charge in [0.1, 0.15) is 0 Å². The van der Waals surface area contributed by atoms with Gasteiger partial charge in [-0.05, 0) is 12.8 Å². The van der Waals surface area contributed by atoms with Crippen molar-refractivity contribution < 1.29 is 57.8 Å². The second-order valence-electron chi connectivity index (χ2n) is 14.0. The lowest BCUT2D eigenvalue weighted by Crippen LogP contribution is -2.50. The minimum atomic E-state index is -1.58. The lowest BCUT2D eigenvalue weighted by Gasteiger charge is -2.25. The van der Waals surface area contributed by atoms with E-state index < -0.39 is 48.2 Å². The fraction of sp³-hybridized carbons (Fsp3) is 0.900. The summed E-state index contributed by atoms with van der Waals surface area (Å²) >= 11 is 0. The topological polar surface area (TPSA) is 188 Å². The monoisotopic (exact) mass is 775 g/mol. The first-order chi connectivity index (χ1) is 26.3. The maximum absolute atomic E-state index is 13.1.